The van der Waals surface area contributed by atoms with Crippen LogP contribution >= 0.6 is 11.6 Å². The molecule has 0 aromatic carbocycles. The largest absolute Gasteiger partial charge is 0.451 e. The van der Waals surface area contributed by atoms with Crippen molar-refractivity contribution in [2.45, 2.75) is 6.18 Å². The summed E-state index contributed by atoms with van der Waals surface area (Å²) >= 11 is 5.57. The molecule has 1 aliphatic rings. The SMILES string of the molecule is CN1CCN(c2cc(Cl)nc(C(F)(F)F)n2)CC1=O. The maximum atomic E-state index is 12.6. The summed E-state index contributed by atoms with van der Waals surface area (Å²) in [5.41, 5.74) is 0. The standard InChI is InChI=1S/C10H10ClF3N4O/c1-17-2-3-18(5-8(17)19)7-4-6(11)15-9(16-7)10(12,13)14/h4H,2-3,5H2,1H3. The molecule has 9 heteroatoms. The van der Waals surface area contributed by atoms with Crippen molar-refractivity contribution in [2.24, 2.45) is 0 Å². The highest BCUT2D eigenvalue weighted by Gasteiger charge is 2.36. The number of aromatic nitrogens is 2. The number of halogens is 4. The fourth-order valence-corrected chi connectivity index (χ4v) is 1.83. The Bertz CT molecular complexity index is 508. The van der Waals surface area contributed by atoms with Gasteiger partial charge >= 0.3 is 6.18 Å². The molecule has 0 unspecified atom stereocenters. The first kappa shape index (κ1) is 13.9. The van der Waals surface area contributed by atoms with Crippen LogP contribution in [0.3, 0.4) is 0 Å². The number of carbonyl (C=O) groups excluding carboxylic acids is 1. The van der Waals surface area contributed by atoms with E-state index in [1.807, 2.05) is 0 Å². The van der Waals surface area contributed by atoms with Crippen LogP contribution in [0.5, 0.6) is 0 Å². The summed E-state index contributed by atoms with van der Waals surface area (Å²) in [6.07, 6.45) is -4.67. The second kappa shape index (κ2) is 4.84. The zero-order chi connectivity index (χ0) is 14.2. The van der Waals surface area contributed by atoms with Gasteiger partial charge < -0.3 is 9.80 Å². The minimum absolute atomic E-state index is 0.00813. The summed E-state index contributed by atoms with van der Waals surface area (Å²) in [6.45, 7) is 0.788. The lowest BCUT2D eigenvalue weighted by Crippen LogP contribution is -2.49. The van der Waals surface area contributed by atoms with Gasteiger partial charge in [0, 0.05) is 26.2 Å². The molecule has 0 atom stereocenters. The topological polar surface area (TPSA) is 49.3 Å². The van der Waals surface area contributed by atoms with Gasteiger partial charge in [0.15, 0.2) is 0 Å². The highest BCUT2D eigenvalue weighted by atomic mass is 35.5. The molecule has 1 amide bonds. The van der Waals surface area contributed by atoms with Crippen LogP contribution in [0.2, 0.25) is 5.15 Å². The van der Waals surface area contributed by atoms with Crippen molar-refractivity contribution < 1.29 is 18.0 Å². The molecule has 1 aromatic rings. The van der Waals surface area contributed by atoms with Gasteiger partial charge in [0.2, 0.25) is 11.7 Å². The van der Waals surface area contributed by atoms with E-state index in [2.05, 4.69) is 9.97 Å². The maximum Gasteiger partial charge on any atom is 0.451 e. The molecule has 0 bridgehead atoms. The zero-order valence-electron chi connectivity index (χ0n) is 9.91. The van der Waals surface area contributed by atoms with Crippen LogP contribution in [-0.4, -0.2) is 47.5 Å². The van der Waals surface area contributed by atoms with E-state index in [0.717, 1.165) is 0 Å². The van der Waals surface area contributed by atoms with Gasteiger partial charge in [-0.15, -0.1) is 0 Å². The van der Waals surface area contributed by atoms with Crippen LogP contribution in [0.25, 0.3) is 0 Å². The number of rotatable bonds is 1. The number of hydrogen-bond donors (Lipinski definition) is 0. The second-order valence-corrected chi connectivity index (χ2v) is 4.49. The lowest BCUT2D eigenvalue weighted by atomic mass is 10.3. The first-order valence-corrected chi connectivity index (χ1v) is 5.76. The van der Waals surface area contributed by atoms with Crippen LogP contribution in [0, 0.1) is 0 Å². The Labute approximate surface area is 112 Å². The number of anilines is 1. The summed E-state index contributed by atoms with van der Waals surface area (Å²) in [6, 6.07) is 1.22. The minimum Gasteiger partial charge on any atom is -0.345 e. The predicted molar refractivity (Wildman–Crippen MR) is 61.9 cm³/mol. The van der Waals surface area contributed by atoms with Gasteiger partial charge in [-0.2, -0.15) is 13.2 Å². The average molecular weight is 295 g/mol. The smallest absolute Gasteiger partial charge is 0.345 e. The van der Waals surface area contributed by atoms with E-state index >= 15 is 0 Å². The Morgan fingerprint density at radius 2 is 2.00 bits per heavy atom. The van der Waals surface area contributed by atoms with Gasteiger partial charge in [-0.05, 0) is 0 Å². The Morgan fingerprint density at radius 1 is 1.32 bits per heavy atom. The zero-order valence-corrected chi connectivity index (χ0v) is 10.7. The molecule has 104 valence electrons. The van der Waals surface area contributed by atoms with Crippen molar-refractivity contribution in [1.82, 2.24) is 14.9 Å². The Hall–Kier alpha value is -1.57. The molecule has 5 nitrogen and oxygen atoms in total. The highest BCUT2D eigenvalue weighted by molar-refractivity contribution is 6.29. The van der Waals surface area contributed by atoms with E-state index in [-0.39, 0.29) is 23.4 Å². The fourth-order valence-electron chi connectivity index (χ4n) is 1.65. The molecule has 0 N–H and O–H groups in total. The third kappa shape index (κ3) is 3.06. The Kier molecular flexibility index (Phi) is 3.53. The summed E-state index contributed by atoms with van der Waals surface area (Å²) in [5, 5.41) is -0.302. The molecule has 19 heavy (non-hydrogen) atoms. The first-order chi connectivity index (χ1) is 8.77. The number of alkyl halides is 3. The normalized spacial score (nSPS) is 17.0. The van der Waals surface area contributed by atoms with E-state index in [9.17, 15) is 18.0 Å². The summed E-state index contributed by atoms with van der Waals surface area (Å²) in [5.74, 6) is -1.48. The summed E-state index contributed by atoms with van der Waals surface area (Å²) in [7, 11) is 1.63. The van der Waals surface area contributed by atoms with Crippen LogP contribution in [-0.2, 0) is 11.0 Å². The molecular formula is C10H10ClF3N4O. The monoisotopic (exact) mass is 294 g/mol. The average Bonchev–Trinajstić information content (AvgIpc) is 2.31. The van der Waals surface area contributed by atoms with E-state index in [1.54, 1.807) is 7.05 Å². The molecule has 1 saturated heterocycles. The lowest BCUT2D eigenvalue weighted by Gasteiger charge is -2.32. The van der Waals surface area contributed by atoms with Crippen molar-refractivity contribution in [3.05, 3.63) is 17.0 Å². The molecule has 1 aromatic heterocycles. The van der Waals surface area contributed by atoms with E-state index in [4.69, 9.17) is 11.6 Å². The lowest BCUT2D eigenvalue weighted by molar-refractivity contribution is -0.144. The van der Waals surface area contributed by atoms with Gasteiger partial charge in [0.25, 0.3) is 0 Å². The molecule has 0 aliphatic carbocycles. The van der Waals surface area contributed by atoms with Gasteiger partial charge in [-0.25, -0.2) is 9.97 Å². The maximum absolute atomic E-state index is 12.6. The Balaban J connectivity index is 2.30. The van der Waals surface area contributed by atoms with Crippen molar-refractivity contribution >= 4 is 23.3 Å². The van der Waals surface area contributed by atoms with Crippen molar-refractivity contribution in [3.63, 3.8) is 0 Å². The van der Waals surface area contributed by atoms with Crippen LogP contribution < -0.4 is 4.90 Å². The van der Waals surface area contributed by atoms with Gasteiger partial charge in [-0.1, -0.05) is 11.6 Å². The van der Waals surface area contributed by atoms with Crippen molar-refractivity contribution in [1.29, 1.82) is 0 Å². The number of likely N-dealkylation sites (N-methyl/N-ethyl adjacent to an activating group) is 1. The summed E-state index contributed by atoms with van der Waals surface area (Å²) in [4.78, 5) is 21.0. The van der Waals surface area contributed by atoms with Crippen LogP contribution in [0.1, 0.15) is 5.82 Å². The second-order valence-electron chi connectivity index (χ2n) is 4.11. The van der Waals surface area contributed by atoms with Crippen molar-refractivity contribution in [2.75, 3.05) is 31.6 Å². The summed E-state index contributed by atoms with van der Waals surface area (Å²) < 4.78 is 37.7. The number of piperazine rings is 1. The molecular weight excluding hydrogens is 285 g/mol. The molecule has 0 radical (unpaired) electrons. The molecule has 1 fully saturated rings. The van der Waals surface area contributed by atoms with Crippen LogP contribution in [0.4, 0.5) is 19.0 Å². The Morgan fingerprint density at radius 3 is 2.58 bits per heavy atom. The number of carbonyl (C=O) groups is 1. The van der Waals surface area contributed by atoms with E-state index in [0.29, 0.717) is 13.1 Å². The third-order valence-corrected chi connectivity index (χ3v) is 2.91. The molecule has 2 heterocycles. The molecule has 1 aliphatic heterocycles. The highest BCUT2D eigenvalue weighted by Crippen LogP contribution is 2.29. The third-order valence-electron chi connectivity index (χ3n) is 2.72. The van der Waals surface area contributed by atoms with Gasteiger partial charge in [-0.3, -0.25) is 4.79 Å². The quantitative estimate of drug-likeness (QED) is 0.735. The van der Waals surface area contributed by atoms with Crippen molar-refractivity contribution in [3.8, 4) is 0 Å². The molecule has 0 saturated carbocycles. The van der Waals surface area contributed by atoms with Crippen LogP contribution in [0.15, 0.2) is 6.07 Å². The fraction of sp³-hybridized carbons (Fsp3) is 0.500. The molecule has 0 spiro atoms. The number of amides is 1. The van der Waals surface area contributed by atoms with E-state index in [1.165, 1.54) is 15.9 Å². The minimum atomic E-state index is -4.67. The van der Waals surface area contributed by atoms with Gasteiger partial charge in [0.05, 0.1) is 6.54 Å². The predicted octanol–water partition coefficient (Wildman–Crippen LogP) is 1.43. The number of nitrogens with zero attached hydrogens (tertiary/aromatic N) is 4. The van der Waals surface area contributed by atoms with Gasteiger partial charge in [0.1, 0.15) is 11.0 Å². The number of hydrogen-bond acceptors (Lipinski definition) is 4. The van der Waals surface area contributed by atoms with E-state index < -0.39 is 12.0 Å². The molecule has 2 rings (SSSR count). The first-order valence-electron chi connectivity index (χ1n) is 5.38.